The minimum absolute atomic E-state index is 0.159. The topological polar surface area (TPSA) is 30.5 Å². The van der Waals surface area contributed by atoms with E-state index in [0.717, 1.165) is 63.3 Å². The Morgan fingerprint density at radius 3 is 2.62 bits per heavy atom. The van der Waals surface area contributed by atoms with Gasteiger partial charge in [-0.1, -0.05) is 0 Å². The molecule has 2 heterocycles. The van der Waals surface area contributed by atoms with E-state index in [1.807, 2.05) is 6.07 Å². The van der Waals surface area contributed by atoms with Crippen molar-refractivity contribution in [3.63, 3.8) is 0 Å². The van der Waals surface area contributed by atoms with Crippen LogP contribution in [0, 0.1) is 11.2 Å². The van der Waals surface area contributed by atoms with Gasteiger partial charge >= 0.3 is 0 Å². The lowest BCUT2D eigenvalue weighted by atomic mass is 9.65. The number of hydrogen-bond acceptors (Lipinski definition) is 3. The maximum Gasteiger partial charge on any atom is 0.123 e. The summed E-state index contributed by atoms with van der Waals surface area (Å²) in [5, 5.41) is 3.36. The van der Waals surface area contributed by atoms with Gasteiger partial charge in [0.2, 0.25) is 0 Å². The molecule has 0 aromatic heterocycles. The minimum atomic E-state index is -0.159. The summed E-state index contributed by atoms with van der Waals surface area (Å²) in [4.78, 5) is 0. The van der Waals surface area contributed by atoms with Gasteiger partial charge in [0.1, 0.15) is 17.7 Å². The van der Waals surface area contributed by atoms with Gasteiger partial charge in [-0.2, -0.15) is 0 Å². The van der Waals surface area contributed by atoms with Crippen LogP contribution < -0.4 is 10.1 Å². The molecule has 114 valence electrons. The monoisotopic (exact) mass is 291 g/mol. The summed E-state index contributed by atoms with van der Waals surface area (Å²) in [7, 11) is 0. The molecule has 0 unspecified atom stereocenters. The fourth-order valence-electron chi connectivity index (χ4n) is 3.87. The van der Waals surface area contributed by atoms with Crippen molar-refractivity contribution in [3.8, 4) is 5.75 Å². The number of rotatable bonds is 3. The molecule has 4 heteroatoms. The Morgan fingerprint density at radius 1 is 1.19 bits per heavy atom. The average molecular weight is 291 g/mol. The van der Waals surface area contributed by atoms with Crippen molar-refractivity contribution in [3.05, 3.63) is 29.6 Å². The summed E-state index contributed by atoms with van der Waals surface area (Å²) >= 11 is 0. The van der Waals surface area contributed by atoms with Gasteiger partial charge < -0.3 is 14.8 Å². The summed E-state index contributed by atoms with van der Waals surface area (Å²) in [5.74, 6) is 1.15. The van der Waals surface area contributed by atoms with Crippen LogP contribution in [0.25, 0.3) is 0 Å². The number of piperidine rings is 1. The van der Waals surface area contributed by atoms with E-state index < -0.39 is 0 Å². The van der Waals surface area contributed by atoms with Crippen LogP contribution in [-0.4, -0.2) is 32.4 Å². The highest BCUT2D eigenvalue weighted by Gasteiger charge is 2.51. The number of nitrogens with one attached hydrogen (secondary N) is 1. The summed E-state index contributed by atoms with van der Waals surface area (Å²) in [5.41, 5.74) is 1.46. The predicted octanol–water partition coefficient (Wildman–Crippen LogP) is 2.85. The molecule has 1 aromatic rings. The molecule has 21 heavy (non-hydrogen) atoms. The lowest BCUT2D eigenvalue weighted by Crippen LogP contribution is -2.56. The zero-order valence-corrected chi connectivity index (χ0v) is 12.2. The Bertz CT molecular complexity index is 516. The molecule has 0 amide bonds. The van der Waals surface area contributed by atoms with Crippen LogP contribution in [0.15, 0.2) is 18.2 Å². The number of hydrogen-bond donors (Lipinski definition) is 1. The number of ether oxygens (including phenoxy) is 2. The SMILES string of the molecule is Fc1ccc(OC2CC3(COC3)C2)c(C2CCNCC2)c1. The highest BCUT2D eigenvalue weighted by atomic mass is 19.1. The van der Waals surface area contributed by atoms with E-state index in [4.69, 9.17) is 9.47 Å². The van der Waals surface area contributed by atoms with E-state index in [1.165, 1.54) is 6.07 Å². The van der Waals surface area contributed by atoms with E-state index in [2.05, 4.69) is 5.32 Å². The Labute approximate surface area is 124 Å². The first kappa shape index (κ1) is 13.5. The summed E-state index contributed by atoms with van der Waals surface area (Å²) in [6, 6.07) is 5.00. The van der Waals surface area contributed by atoms with Crippen molar-refractivity contribution in [1.82, 2.24) is 5.32 Å². The Balaban J connectivity index is 1.48. The summed E-state index contributed by atoms with van der Waals surface area (Å²) in [6.45, 7) is 3.78. The fourth-order valence-corrected chi connectivity index (χ4v) is 3.87. The largest absolute Gasteiger partial charge is 0.490 e. The van der Waals surface area contributed by atoms with Crippen molar-refractivity contribution in [2.45, 2.75) is 37.7 Å². The molecule has 3 aliphatic rings. The molecule has 1 aromatic carbocycles. The molecule has 4 rings (SSSR count). The second-order valence-electron chi connectivity index (χ2n) is 6.85. The van der Waals surface area contributed by atoms with Crippen molar-refractivity contribution in [1.29, 1.82) is 0 Å². The van der Waals surface area contributed by atoms with Crippen molar-refractivity contribution >= 4 is 0 Å². The Kier molecular flexibility index (Phi) is 3.38. The van der Waals surface area contributed by atoms with Crippen LogP contribution in [0.1, 0.15) is 37.2 Å². The van der Waals surface area contributed by atoms with E-state index in [9.17, 15) is 4.39 Å². The fraction of sp³-hybridized carbons (Fsp3) is 0.647. The maximum absolute atomic E-state index is 13.6. The quantitative estimate of drug-likeness (QED) is 0.929. The first-order valence-electron chi connectivity index (χ1n) is 7.99. The summed E-state index contributed by atoms with van der Waals surface area (Å²) < 4.78 is 25.1. The first-order valence-corrected chi connectivity index (χ1v) is 7.99. The minimum Gasteiger partial charge on any atom is -0.490 e. The third-order valence-corrected chi connectivity index (χ3v) is 5.18. The molecule has 2 saturated heterocycles. The van der Waals surface area contributed by atoms with E-state index in [0.29, 0.717) is 11.3 Å². The molecular formula is C17H22FNO2. The molecule has 3 fully saturated rings. The molecule has 3 nitrogen and oxygen atoms in total. The number of halogens is 1. The van der Waals surface area contributed by atoms with Gasteiger partial charge in [0.05, 0.1) is 13.2 Å². The van der Waals surface area contributed by atoms with E-state index in [-0.39, 0.29) is 11.9 Å². The van der Waals surface area contributed by atoms with Gasteiger partial charge in [-0.05, 0) is 62.9 Å². The van der Waals surface area contributed by atoms with Crippen LogP contribution >= 0.6 is 0 Å². The molecule has 0 bridgehead atoms. The van der Waals surface area contributed by atoms with Crippen LogP contribution in [0.2, 0.25) is 0 Å². The predicted molar refractivity (Wildman–Crippen MR) is 78.1 cm³/mol. The first-order chi connectivity index (χ1) is 10.2. The smallest absolute Gasteiger partial charge is 0.123 e. The van der Waals surface area contributed by atoms with Gasteiger partial charge in [0, 0.05) is 11.0 Å². The van der Waals surface area contributed by atoms with Gasteiger partial charge in [-0.25, -0.2) is 4.39 Å². The van der Waals surface area contributed by atoms with Crippen LogP contribution in [0.4, 0.5) is 4.39 Å². The molecule has 2 aliphatic heterocycles. The lowest BCUT2D eigenvalue weighted by molar-refractivity contribution is -0.191. The normalized spacial score (nSPS) is 25.4. The third-order valence-electron chi connectivity index (χ3n) is 5.18. The van der Waals surface area contributed by atoms with E-state index >= 15 is 0 Å². The highest BCUT2D eigenvalue weighted by Crippen LogP contribution is 2.49. The van der Waals surface area contributed by atoms with Crippen molar-refractivity contribution in [2.24, 2.45) is 5.41 Å². The standard InChI is InChI=1S/C17H22FNO2/c18-13-1-2-16(15(7-13)12-3-5-19-6-4-12)21-14-8-17(9-14)10-20-11-17/h1-2,7,12,14,19H,3-6,8-11H2. The Morgan fingerprint density at radius 2 is 1.95 bits per heavy atom. The van der Waals surface area contributed by atoms with Gasteiger partial charge in [-0.3, -0.25) is 0 Å². The van der Waals surface area contributed by atoms with Gasteiger partial charge in [0.25, 0.3) is 0 Å². The molecule has 1 saturated carbocycles. The second-order valence-corrected chi connectivity index (χ2v) is 6.85. The van der Waals surface area contributed by atoms with Crippen molar-refractivity contribution < 1.29 is 13.9 Å². The van der Waals surface area contributed by atoms with Crippen molar-refractivity contribution in [2.75, 3.05) is 26.3 Å². The zero-order chi connectivity index (χ0) is 14.3. The molecular weight excluding hydrogens is 269 g/mol. The van der Waals surface area contributed by atoms with Crippen LogP contribution in [0.3, 0.4) is 0 Å². The lowest BCUT2D eigenvalue weighted by Gasteiger charge is -2.52. The molecule has 0 atom stereocenters. The zero-order valence-electron chi connectivity index (χ0n) is 12.2. The average Bonchev–Trinajstić information content (AvgIpc) is 2.42. The number of benzene rings is 1. The molecule has 0 radical (unpaired) electrons. The second kappa shape index (κ2) is 5.25. The maximum atomic E-state index is 13.6. The van der Waals surface area contributed by atoms with E-state index in [1.54, 1.807) is 6.07 Å². The highest BCUT2D eigenvalue weighted by molar-refractivity contribution is 5.37. The van der Waals surface area contributed by atoms with Gasteiger partial charge in [0.15, 0.2) is 0 Å². The van der Waals surface area contributed by atoms with Gasteiger partial charge in [-0.15, -0.1) is 0 Å². The summed E-state index contributed by atoms with van der Waals surface area (Å²) in [6.07, 6.45) is 4.55. The molecule has 1 N–H and O–H groups in total. The Hall–Kier alpha value is -1.13. The van der Waals surface area contributed by atoms with Crippen LogP contribution in [-0.2, 0) is 4.74 Å². The molecule has 1 aliphatic carbocycles. The van der Waals surface area contributed by atoms with Crippen LogP contribution in [0.5, 0.6) is 5.75 Å². The molecule has 1 spiro atoms. The third kappa shape index (κ3) is 2.55.